The van der Waals surface area contributed by atoms with Crippen LogP contribution in [0.15, 0.2) is 44.9 Å². The van der Waals surface area contributed by atoms with Crippen LogP contribution in [0.1, 0.15) is 37.6 Å². The molecule has 0 saturated heterocycles. The van der Waals surface area contributed by atoms with Crippen molar-refractivity contribution in [1.29, 1.82) is 5.26 Å². The van der Waals surface area contributed by atoms with Gasteiger partial charge in [-0.1, -0.05) is 32.4 Å². The van der Waals surface area contributed by atoms with E-state index in [2.05, 4.69) is 28.9 Å². The van der Waals surface area contributed by atoms with Crippen LogP contribution < -0.4 is 16.0 Å². The van der Waals surface area contributed by atoms with Crippen LogP contribution in [-0.2, 0) is 6.42 Å². The zero-order chi connectivity index (χ0) is 23.4. The molecule has 1 heterocycles. The van der Waals surface area contributed by atoms with Crippen LogP contribution in [0.3, 0.4) is 0 Å². The summed E-state index contributed by atoms with van der Waals surface area (Å²) in [7, 11) is 0. The number of halogens is 1. The number of H-pyrrole nitrogens is 1. The third-order valence-electron chi connectivity index (χ3n) is 4.56. The van der Waals surface area contributed by atoms with Gasteiger partial charge in [-0.25, -0.2) is 4.79 Å². The number of aryl methyl sites for hydroxylation is 2. The summed E-state index contributed by atoms with van der Waals surface area (Å²) in [4.78, 5) is 30.4. The number of aromatic amines is 1. The van der Waals surface area contributed by atoms with Crippen LogP contribution in [0.2, 0.25) is 5.02 Å². The van der Waals surface area contributed by atoms with Gasteiger partial charge in [0.2, 0.25) is 5.69 Å². The Morgan fingerprint density at radius 3 is 2.69 bits per heavy atom. The smallest absolute Gasteiger partial charge is 0.349 e. The lowest BCUT2D eigenvalue weighted by Gasteiger charge is -2.15. The summed E-state index contributed by atoms with van der Waals surface area (Å²) in [6.45, 7) is 7.99. The molecule has 0 bridgehead atoms. The third-order valence-corrected chi connectivity index (χ3v) is 4.85. The molecule has 0 aliphatic heterocycles. The highest BCUT2D eigenvalue weighted by Crippen LogP contribution is 2.36. The highest BCUT2D eigenvalue weighted by molar-refractivity contribution is 6.32. The Hall–Kier alpha value is -3.70. The molecule has 0 unspecified atom stereocenters. The zero-order valence-electron chi connectivity index (χ0n) is 18.1. The predicted octanol–water partition coefficient (Wildman–Crippen LogP) is 4.47. The largest absolute Gasteiger partial charge is 0.456 e. The number of aromatic nitrogens is 3. The minimum Gasteiger partial charge on any atom is -0.456 e. The Bertz CT molecular complexity index is 1350. The number of nitrogens with one attached hydrogen (secondary N) is 1. The van der Waals surface area contributed by atoms with Crippen molar-refractivity contribution in [2.75, 3.05) is 0 Å². The van der Waals surface area contributed by atoms with Gasteiger partial charge >= 0.3 is 5.69 Å². The molecule has 0 aliphatic carbocycles. The molecule has 32 heavy (non-hydrogen) atoms. The molecule has 1 aromatic heterocycles. The van der Waals surface area contributed by atoms with Gasteiger partial charge in [-0.05, 0) is 60.7 Å². The third kappa shape index (κ3) is 4.95. The average Bonchev–Trinajstić information content (AvgIpc) is 2.74. The van der Waals surface area contributed by atoms with Crippen molar-refractivity contribution in [3.63, 3.8) is 0 Å². The minimum atomic E-state index is -0.841. The van der Waals surface area contributed by atoms with E-state index < -0.39 is 16.9 Å². The van der Waals surface area contributed by atoms with Gasteiger partial charge < -0.3 is 4.74 Å². The molecule has 3 rings (SSSR count). The topological polar surface area (TPSA) is 113 Å². The quantitative estimate of drug-likeness (QED) is 0.555. The van der Waals surface area contributed by atoms with E-state index in [1.54, 1.807) is 12.1 Å². The molecule has 0 saturated carbocycles. The van der Waals surface area contributed by atoms with Gasteiger partial charge in [0.25, 0.3) is 5.56 Å². The van der Waals surface area contributed by atoms with E-state index in [1.807, 2.05) is 38.3 Å². The normalized spacial score (nSPS) is 11.2. The monoisotopic (exact) mass is 451 g/mol. The Morgan fingerprint density at radius 2 is 2.06 bits per heavy atom. The number of hydrogen-bond acceptors (Lipinski definition) is 6. The second kappa shape index (κ2) is 9.62. The lowest BCUT2D eigenvalue weighted by atomic mass is 10.1. The summed E-state index contributed by atoms with van der Waals surface area (Å²) in [5.74, 6) is 1.40. The Labute approximate surface area is 189 Å². The van der Waals surface area contributed by atoms with Crippen molar-refractivity contribution in [1.82, 2.24) is 14.8 Å². The van der Waals surface area contributed by atoms with E-state index in [1.165, 1.54) is 6.07 Å². The maximum atomic E-state index is 12.2. The summed E-state index contributed by atoms with van der Waals surface area (Å²) in [5, 5.41) is 13.1. The highest BCUT2D eigenvalue weighted by atomic mass is 35.5. The fourth-order valence-electron chi connectivity index (χ4n) is 2.97. The molecule has 1 N–H and O–H groups in total. The van der Waals surface area contributed by atoms with Gasteiger partial charge in [-0.15, -0.1) is 5.10 Å². The molecular formula is C23H22ClN5O3. The van der Waals surface area contributed by atoms with Crippen molar-refractivity contribution >= 4 is 23.5 Å². The van der Waals surface area contributed by atoms with Crippen molar-refractivity contribution in [3.05, 3.63) is 73.0 Å². The first-order valence-electron chi connectivity index (χ1n) is 10.0. The average molecular weight is 452 g/mol. The summed E-state index contributed by atoms with van der Waals surface area (Å²) in [6.07, 6.45) is 2.44. The number of aliphatic imine (C=N–C) groups is 1. The molecule has 2 aromatic carbocycles. The molecule has 9 heteroatoms. The maximum Gasteiger partial charge on any atom is 0.349 e. The molecule has 0 amide bonds. The van der Waals surface area contributed by atoms with Crippen molar-refractivity contribution < 1.29 is 4.74 Å². The summed E-state index contributed by atoms with van der Waals surface area (Å²) in [6, 6.07) is 10.4. The predicted molar refractivity (Wildman–Crippen MR) is 124 cm³/mol. The summed E-state index contributed by atoms with van der Waals surface area (Å²) in [5.41, 5.74) is 0.825. The highest BCUT2D eigenvalue weighted by Gasteiger charge is 2.15. The molecule has 0 aliphatic rings. The van der Waals surface area contributed by atoms with Crippen LogP contribution in [0, 0.1) is 24.2 Å². The molecule has 0 radical (unpaired) electrons. The number of ether oxygens (including phenoxy) is 1. The first kappa shape index (κ1) is 23.0. The van der Waals surface area contributed by atoms with Crippen LogP contribution in [0.25, 0.3) is 5.69 Å². The minimum absolute atomic E-state index is 0.261. The first-order valence-corrected chi connectivity index (χ1v) is 10.4. The number of benzene rings is 2. The van der Waals surface area contributed by atoms with Gasteiger partial charge in [0.05, 0.1) is 16.4 Å². The van der Waals surface area contributed by atoms with Crippen LogP contribution >= 0.6 is 11.6 Å². The van der Waals surface area contributed by atoms with Crippen LogP contribution in [-0.4, -0.2) is 21.0 Å². The van der Waals surface area contributed by atoms with Crippen molar-refractivity contribution in [3.8, 4) is 23.3 Å². The standard InChI is InChI=1S/C23H22ClN5O3/c1-5-15-9-16(29-23(31)27-22(30)20(11-25)28-29)10-18(24)21(15)32-17-6-7-19(14(4)8-17)26-12-13(2)3/h6-10,12-13H,5H2,1-4H3,(H,27,30,31). The fourth-order valence-corrected chi connectivity index (χ4v) is 3.24. The van der Waals surface area contributed by atoms with E-state index in [9.17, 15) is 9.59 Å². The van der Waals surface area contributed by atoms with Gasteiger partial charge in [0, 0.05) is 6.21 Å². The molecule has 3 aromatic rings. The van der Waals surface area contributed by atoms with Gasteiger partial charge in [-0.2, -0.15) is 9.94 Å². The van der Waals surface area contributed by atoms with Gasteiger partial charge in [-0.3, -0.25) is 14.8 Å². The van der Waals surface area contributed by atoms with E-state index in [0.717, 1.165) is 21.5 Å². The lowest BCUT2D eigenvalue weighted by Crippen LogP contribution is -2.33. The summed E-state index contributed by atoms with van der Waals surface area (Å²) >= 11 is 6.50. The van der Waals surface area contributed by atoms with E-state index >= 15 is 0 Å². The maximum absolute atomic E-state index is 12.2. The molecule has 164 valence electrons. The molecule has 0 spiro atoms. The van der Waals surface area contributed by atoms with E-state index in [4.69, 9.17) is 21.6 Å². The lowest BCUT2D eigenvalue weighted by molar-refractivity contribution is 0.476. The first-order chi connectivity index (χ1) is 15.2. The van der Waals surface area contributed by atoms with Crippen molar-refractivity contribution in [2.45, 2.75) is 34.1 Å². The Morgan fingerprint density at radius 1 is 1.31 bits per heavy atom. The van der Waals surface area contributed by atoms with Gasteiger partial charge in [0.1, 0.15) is 17.6 Å². The number of hydrogen-bond donors (Lipinski definition) is 1. The van der Waals surface area contributed by atoms with E-state index in [-0.39, 0.29) is 5.02 Å². The number of nitrogens with zero attached hydrogens (tertiary/aromatic N) is 4. The number of rotatable bonds is 6. The zero-order valence-corrected chi connectivity index (χ0v) is 18.9. The second-order valence-electron chi connectivity index (χ2n) is 7.47. The molecular weight excluding hydrogens is 430 g/mol. The SMILES string of the molecule is CCc1cc(-n2nc(C#N)c(=O)[nH]c2=O)cc(Cl)c1Oc1ccc(N=CC(C)C)c(C)c1. The summed E-state index contributed by atoms with van der Waals surface area (Å²) < 4.78 is 7.01. The molecule has 8 nitrogen and oxygen atoms in total. The van der Waals surface area contributed by atoms with Crippen LogP contribution in [0.4, 0.5) is 5.69 Å². The van der Waals surface area contributed by atoms with E-state index in [0.29, 0.717) is 29.5 Å². The fraction of sp³-hybridized carbons (Fsp3) is 0.261. The van der Waals surface area contributed by atoms with Crippen LogP contribution in [0.5, 0.6) is 11.5 Å². The van der Waals surface area contributed by atoms with Crippen molar-refractivity contribution in [2.24, 2.45) is 10.9 Å². The molecule has 0 atom stereocenters. The van der Waals surface area contributed by atoms with Gasteiger partial charge in [0.15, 0.2) is 0 Å². The second-order valence-corrected chi connectivity index (χ2v) is 7.88. The Balaban J connectivity index is 2.00. The number of nitriles is 1. The molecule has 0 fully saturated rings. The Kier molecular flexibility index (Phi) is 6.91.